The van der Waals surface area contributed by atoms with Crippen molar-refractivity contribution >= 4 is 7.82 Å². The van der Waals surface area contributed by atoms with Gasteiger partial charge in [-0.2, -0.15) is 0 Å². The van der Waals surface area contributed by atoms with Crippen LogP contribution in [0.4, 0.5) is 0 Å². The number of phosphoric ester groups is 1. The van der Waals surface area contributed by atoms with Crippen molar-refractivity contribution in [3.63, 3.8) is 0 Å². The van der Waals surface area contributed by atoms with E-state index in [1.807, 2.05) is 35.6 Å². The minimum atomic E-state index is -4.75. The van der Waals surface area contributed by atoms with Crippen molar-refractivity contribution < 1.29 is 28.0 Å². The van der Waals surface area contributed by atoms with E-state index in [4.69, 9.17) is 0 Å². The molecule has 9 heteroatoms. The van der Waals surface area contributed by atoms with Gasteiger partial charge in [-0.05, 0) is 13.8 Å². The number of phosphoric acid groups is 1. The van der Waals surface area contributed by atoms with Crippen molar-refractivity contribution in [3.05, 3.63) is 50.1 Å². The van der Waals surface area contributed by atoms with E-state index in [9.17, 15) is 14.4 Å². The summed E-state index contributed by atoms with van der Waals surface area (Å²) in [6.07, 6.45) is 13.5. The fourth-order valence-electron chi connectivity index (χ4n) is 1.52. The number of rotatable bonds is 5. The van der Waals surface area contributed by atoms with Crippen LogP contribution in [-0.2, 0) is 36.3 Å². The van der Waals surface area contributed by atoms with Crippen LogP contribution in [-0.4, -0.2) is 15.7 Å². The molecule has 2 rings (SSSR count). The molecular weight excluding hydrogens is 331 g/mol. The van der Waals surface area contributed by atoms with E-state index in [2.05, 4.69) is 59.1 Å². The summed E-state index contributed by atoms with van der Waals surface area (Å²) < 4.78 is 21.6. The summed E-state index contributed by atoms with van der Waals surface area (Å²) in [6.45, 7) is 9.26. The molecule has 136 valence electrons. The largest absolute Gasteiger partial charge is 0.790 e. The fraction of sp³-hybridized carbons (Fsp3) is 0.467. The number of hydrogen-bond acceptors (Lipinski definition) is 4. The summed E-state index contributed by atoms with van der Waals surface area (Å²) in [5, 5.41) is 0. The maximum atomic E-state index is 9.59. The van der Waals surface area contributed by atoms with Crippen LogP contribution in [0.5, 0.6) is 0 Å². The van der Waals surface area contributed by atoms with Crippen molar-refractivity contribution in [2.24, 2.45) is 14.1 Å². The zero-order valence-electron chi connectivity index (χ0n) is 14.7. The molecule has 0 fully saturated rings. The van der Waals surface area contributed by atoms with Crippen LogP contribution >= 0.6 is 7.82 Å². The second-order valence-electron chi connectivity index (χ2n) is 4.85. The van der Waals surface area contributed by atoms with Crippen LogP contribution in [0.15, 0.2) is 50.1 Å². The standard InChI is InChI=1S/2C6H11N2.C3H7O4P/c2*1-3-8-5-4-7(2)6-8;1-2-3-7-8(4,5)6/h2*4-6H,3H2,1-2H3;2H,1,3H2,(H2,4,5,6)/q2*+1;/p-2. The van der Waals surface area contributed by atoms with E-state index in [0.29, 0.717) is 0 Å². The van der Waals surface area contributed by atoms with E-state index in [1.54, 1.807) is 0 Å². The van der Waals surface area contributed by atoms with Crippen molar-refractivity contribution in [3.8, 4) is 0 Å². The summed E-state index contributed by atoms with van der Waals surface area (Å²) in [5.74, 6) is 0. The van der Waals surface area contributed by atoms with E-state index >= 15 is 0 Å². The van der Waals surface area contributed by atoms with Crippen molar-refractivity contribution in [1.29, 1.82) is 0 Å². The van der Waals surface area contributed by atoms with Gasteiger partial charge in [0.1, 0.15) is 24.8 Å². The van der Waals surface area contributed by atoms with Crippen LogP contribution in [0.1, 0.15) is 13.8 Å². The summed E-state index contributed by atoms with van der Waals surface area (Å²) in [7, 11) is -0.713. The highest BCUT2D eigenvalue weighted by atomic mass is 31.2. The van der Waals surface area contributed by atoms with E-state index in [1.165, 1.54) is 6.08 Å². The van der Waals surface area contributed by atoms with Gasteiger partial charge >= 0.3 is 0 Å². The molecule has 0 spiro atoms. The number of hydrogen-bond donors (Lipinski definition) is 0. The van der Waals surface area contributed by atoms with Crippen molar-refractivity contribution in [2.75, 3.05) is 6.61 Å². The van der Waals surface area contributed by atoms with Gasteiger partial charge in [-0.3, -0.25) is 0 Å². The maximum Gasteiger partial charge on any atom is 0.243 e. The SMILES string of the molecule is C=CCOP(=O)([O-])[O-].CCn1cc[n+](C)c1.CCn1cc[n+](C)c1. The lowest BCUT2D eigenvalue weighted by molar-refractivity contribution is -0.671. The summed E-state index contributed by atoms with van der Waals surface area (Å²) in [4.78, 5) is 19.2. The Hall–Kier alpha value is -1.73. The topological polar surface area (TPSA) is 90.0 Å². The van der Waals surface area contributed by atoms with Gasteiger partial charge < -0.3 is 18.9 Å². The molecule has 0 saturated heterocycles. The molecular formula is C15H27N4O4P. The third kappa shape index (κ3) is 11.8. The highest BCUT2D eigenvalue weighted by Gasteiger charge is 1.93. The Bertz CT molecular complexity index is 593. The first-order valence-corrected chi connectivity index (χ1v) is 8.97. The number of aryl methyl sites for hydroxylation is 4. The van der Waals surface area contributed by atoms with Crippen LogP contribution in [0.2, 0.25) is 0 Å². The Labute approximate surface area is 143 Å². The lowest BCUT2D eigenvalue weighted by Gasteiger charge is -2.27. The van der Waals surface area contributed by atoms with Gasteiger partial charge in [0.25, 0.3) is 0 Å². The van der Waals surface area contributed by atoms with E-state index in [-0.39, 0.29) is 6.61 Å². The molecule has 0 aliphatic carbocycles. The van der Waals surface area contributed by atoms with Gasteiger partial charge in [0, 0.05) is 0 Å². The third-order valence-electron chi connectivity index (χ3n) is 2.73. The molecule has 8 nitrogen and oxygen atoms in total. The molecule has 0 bridgehead atoms. The van der Waals surface area contributed by atoms with Crippen LogP contribution < -0.4 is 18.9 Å². The smallest absolute Gasteiger partial charge is 0.243 e. The van der Waals surface area contributed by atoms with Gasteiger partial charge in [-0.25, -0.2) is 18.3 Å². The molecule has 0 atom stereocenters. The normalized spacial score (nSPS) is 10.2. The molecule has 2 aromatic rings. The van der Waals surface area contributed by atoms with Crippen LogP contribution in [0, 0.1) is 0 Å². The predicted octanol–water partition coefficient (Wildman–Crippen LogP) is -0.317. The first kappa shape index (κ1) is 22.3. The number of aromatic nitrogens is 4. The molecule has 0 aliphatic rings. The van der Waals surface area contributed by atoms with Gasteiger partial charge in [0.2, 0.25) is 12.7 Å². The first-order valence-electron chi connectivity index (χ1n) is 7.51. The number of imidazole rings is 2. The molecule has 2 aromatic heterocycles. The summed E-state index contributed by atoms with van der Waals surface area (Å²) in [5.41, 5.74) is 0. The summed E-state index contributed by atoms with van der Waals surface area (Å²) in [6, 6.07) is 0. The molecule has 24 heavy (non-hydrogen) atoms. The average Bonchev–Trinajstić information content (AvgIpc) is 3.13. The fourth-order valence-corrected chi connectivity index (χ4v) is 1.81. The van der Waals surface area contributed by atoms with Crippen LogP contribution in [0.25, 0.3) is 0 Å². The van der Waals surface area contributed by atoms with Gasteiger partial charge in [0.05, 0.1) is 41.6 Å². The first-order chi connectivity index (χ1) is 11.2. The number of nitrogens with zero attached hydrogens (tertiary/aromatic N) is 4. The highest BCUT2D eigenvalue weighted by Crippen LogP contribution is 2.23. The zero-order valence-corrected chi connectivity index (χ0v) is 15.6. The second kappa shape index (κ2) is 11.8. The van der Waals surface area contributed by atoms with E-state index in [0.717, 1.165) is 13.1 Å². The minimum Gasteiger partial charge on any atom is -0.790 e. The lowest BCUT2D eigenvalue weighted by Crippen LogP contribution is -2.23. The molecule has 0 saturated carbocycles. The highest BCUT2D eigenvalue weighted by molar-refractivity contribution is 7.43. The Kier molecular flexibility index (Phi) is 10.9. The Morgan fingerprint density at radius 3 is 1.62 bits per heavy atom. The molecule has 2 heterocycles. The quantitative estimate of drug-likeness (QED) is 0.416. The van der Waals surface area contributed by atoms with Gasteiger partial charge in [0.15, 0.2) is 0 Å². The molecule has 0 aromatic carbocycles. The zero-order chi connectivity index (χ0) is 18.6. The molecule has 0 amide bonds. The molecule has 0 aliphatic heterocycles. The Morgan fingerprint density at radius 1 is 1.08 bits per heavy atom. The third-order valence-corrected chi connectivity index (χ3v) is 3.19. The van der Waals surface area contributed by atoms with Crippen LogP contribution in [0.3, 0.4) is 0 Å². The second-order valence-corrected chi connectivity index (χ2v) is 6.00. The van der Waals surface area contributed by atoms with Crippen molar-refractivity contribution in [1.82, 2.24) is 9.13 Å². The van der Waals surface area contributed by atoms with Gasteiger partial charge in [-0.15, -0.1) is 6.58 Å². The predicted molar refractivity (Wildman–Crippen MR) is 86.3 cm³/mol. The van der Waals surface area contributed by atoms with E-state index < -0.39 is 7.82 Å². The summed E-state index contributed by atoms with van der Waals surface area (Å²) >= 11 is 0. The average molecular weight is 358 g/mol. The Morgan fingerprint density at radius 2 is 1.50 bits per heavy atom. The minimum absolute atomic E-state index is 0.246. The molecule has 0 radical (unpaired) electrons. The Balaban J connectivity index is 0.000000331. The lowest BCUT2D eigenvalue weighted by atomic mass is 10.7. The monoisotopic (exact) mass is 358 g/mol. The molecule has 0 unspecified atom stereocenters. The maximum absolute atomic E-state index is 9.59. The van der Waals surface area contributed by atoms with Gasteiger partial charge in [-0.1, -0.05) is 6.08 Å². The molecule has 0 N–H and O–H groups in total. The van der Waals surface area contributed by atoms with Crippen molar-refractivity contribution in [2.45, 2.75) is 26.9 Å².